The van der Waals surface area contributed by atoms with Crippen LogP contribution in [0.25, 0.3) is 0 Å². The molecule has 130 valence electrons. The molecule has 0 saturated carbocycles. The lowest BCUT2D eigenvalue weighted by molar-refractivity contribution is 0.00767. The van der Waals surface area contributed by atoms with Gasteiger partial charge in [0.05, 0.1) is 19.0 Å². The lowest BCUT2D eigenvalue weighted by Gasteiger charge is -2.22. The SMILES string of the molecule is CN(Cc1ccc2c(c1)OCCO2)C[C@@H](O)COCc1ccco1. The summed E-state index contributed by atoms with van der Waals surface area (Å²) in [5.41, 5.74) is 1.12. The summed E-state index contributed by atoms with van der Waals surface area (Å²) in [6, 6.07) is 9.60. The van der Waals surface area contributed by atoms with Crippen molar-refractivity contribution < 1.29 is 23.7 Å². The predicted octanol–water partition coefficient (Wildman–Crippen LogP) is 2.06. The standard InChI is InChI=1S/C18H23NO5/c1-19(11-15(20)12-21-13-16-3-2-6-22-16)10-14-4-5-17-18(9-14)24-8-7-23-17/h2-6,9,15,20H,7-8,10-13H2,1H3/t15-/m1/s1. The minimum absolute atomic E-state index is 0.270. The van der Waals surface area contributed by atoms with Gasteiger partial charge in [0.15, 0.2) is 11.5 Å². The van der Waals surface area contributed by atoms with Gasteiger partial charge in [0, 0.05) is 13.1 Å². The van der Waals surface area contributed by atoms with Crippen molar-refractivity contribution in [3.8, 4) is 11.5 Å². The number of benzene rings is 1. The van der Waals surface area contributed by atoms with Gasteiger partial charge in [-0.2, -0.15) is 0 Å². The maximum atomic E-state index is 10.1. The van der Waals surface area contributed by atoms with Crippen LogP contribution in [0.2, 0.25) is 0 Å². The van der Waals surface area contributed by atoms with Crippen LogP contribution in [0.5, 0.6) is 11.5 Å². The van der Waals surface area contributed by atoms with Gasteiger partial charge in [0.1, 0.15) is 25.6 Å². The monoisotopic (exact) mass is 333 g/mol. The molecule has 2 heterocycles. The average molecular weight is 333 g/mol. The highest BCUT2D eigenvalue weighted by molar-refractivity contribution is 5.43. The summed E-state index contributed by atoms with van der Waals surface area (Å²) >= 11 is 0. The zero-order chi connectivity index (χ0) is 16.8. The van der Waals surface area contributed by atoms with Crippen molar-refractivity contribution in [2.24, 2.45) is 0 Å². The third kappa shape index (κ3) is 4.74. The molecule has 1 aromatic carbocycles. The highest BCUT2D eigenvalue weighted by Crippen LogP contribution is 2.31. The van der Waals surface area contributed by atoms with Crippen molar-refractivity contribution in [3.05, 3.63) is 47.9 Å². The largest absolute Gasteiger partial charge is 0.486 e. The molecule has 1 atom stereocenters. The summed E-state index contributed by atoms with van der Waals surface area (Å²) in [6.07, 6.45) is 1.05. The Morgan fingerprint density at radius 1 is 1.21 bits per heavy atom. The maximum absolute atomic E-state index is 10.1. The molecule has 1 aromatic heterocycles. The van der Waals surface area contributed by atoms with E-state index in [1.165, 1.54) is 0 Å². The number of aliphatic hydroxyl groups is 1. The first-order valence-electron chi connectivity index (χ1n) is 8.06. The molecule has 3 rings (SSSR count). The summed E-state index contributed by atoms with van der Waals surface area (Å²) < 4.78 is 21.8. The molecular weight excluding hydrogens is 310 g/mol. The molecule has 0 radical (unpaired) electrons. The van der Waals surface area contributed by atoms with E-state index in [-0.39, 0.29) is 6.61 Å². The summed E-state index contributed by atoms with van der Waals surface area (Å²) in [6.45, 7) is 3.05. The number of aliphatic hydroxyl groups excluding tert-OH is 1. The van der Waals surface area contributed by atoms with Crippen molar-refractivity contribution in [2.45, 2.75) is 19.3 Å². The van der Waals surface area contributed by atoms with Gasteiger partial charge in [-0.3, -0.25) is 4.90 Å². The first kappa shape index (κ1) is 16.8. The molecule has 0 amide bonds. The Balaban J connectivity index is 1.42. The molecule has 6 nitrogen and oxygen atoms in total. The van der Waals surface area contributed by atoms with Crippen molar-refractivity contribution in [2.75, 3.05) is 33.4 Å². The van der Waals surface area contributed by atoms with Crippen LogP contribution in [0.4, 0.5) is 0 Å². The second kappa shape index (κ2) is 8.19. The number of nitrogens with zero attached hydrogens (tertiary/aromatic N) is 1. The van der Waals surface area contributed by atoms with E-state index in [2.05, 4.69) is 0 Å². The smallest absolute Gasteiger partial charge is 0.161 e. The summed E-state index contributed by atoms with van der Waals surface area (Å²) in [4.78, 5) is 2.05. The van der Waals surface area contributed by atoms with Gasteiger partial charge < -0.3 is 23.7 Å². The number of hydrogen-bond donors (Lipinski definition) is 1. The van der Waals surface area contributed by atoms with E-state index in [0.29, 0.717) is 32.9 Å². The molecule has 0 bridgehead atoms. The van der Waals surface area contributed by atoms with E-state index in [9.17, 15) is 5.11 Å². The number of likely N-dealkylation sites (N-methyl/N-ethyl adjacent to an activating group) is 1. The summed E-state index contributed by atoms with van der Waals surface area (Å²) in [5.74, 6) is 2.33. The highest BCUT2D eigenvalue weighted by atomic mass is 16.6. The van der Waals surface area contributed by atoms with Gasteiger partial charge >= 0.3 is 0 Å². The molecule has 1 aliphatic rings. The van der Waals surface area contributed by atoms with E-state index >= 15 is 0 Å². The van der Waals surface area contributed by atoms with Crippen LogP contribution >= 0.6 is 0 Å². The fourth-order valence-corrected chi connectivity index (χ4v) is 2.67. The van der Waals surface area contributed by atoms with Crippen LogP contribution in [-0.4, -0.2) is 49.5 Å². The number of rotatable bonds is 8. The Labute approximate surface area is 141 Å². The lowest BCUT2D eigenvalue weighted by atomic mass is 10.2. The third-order valence-electron chi connectivity index (χ3n) is 3.72. The zero-order valence-electron chi connectivity index (χ0n) is 13.8. The molecule has 6 heteroatoms. The quantitative estimate of drug-likeness (QED) is 0.798. The molecule has 24 heavy (non-hydrogen) atoms. The van der Waals surface area contributed by atoms with Crippen LogP contribution in [0, 0.1) is 0 Å². The highest BCUT2D eigenvalue weighted by Gasteiger charge is 2.14. The molecule has 0 saturated heterocycles. The third-order valence-corrected chi connectivity index (χ3v) is 3.72. The van der Waals surface area contributed by atoms with Crippen LogP contribution < -0.4 is 9.47 Å². The number of ether oxygens (including phenoxy) is 3. The lowest BCUT2D eigenvalue weighted by Crippen LogP contribution is -2.31. The van der Waals surface area contributed by atoms with Crippen LogP contribution in [0.1, 0.15) is 11.3 Å². The molecule has 1 aliphatic heterocycles. The van der Waals surface area contributed by atoms with Gasteiger partial charge in [-0.05, 0) is 36.9 Å². The first-order valence-corrected chi connectivity index (χ1v) is 8.06. The fourth-order valence-electron chi connectivity index (χ4n) is 2.67. The average Bonchev–Trinajstić information content (AvgIpc) is 3.08. The molecular formula is C18H23NO5. The van der Waals surface area contributed by atoms with Crippen molar-refractivity contribution in [1.82, 2.24) is 4.90 Å². The van der Waals surface area contributed by atoms with E-state index < -0.39 is 6.10 Å². The molecule has 0 spiro atoms. The second-order valence-corrected chi connectivity index (χ2v) is 5.92. The number of hydrogen-bond acceptors (Lipinski definition) is 6. The van der Waals surface area contributed by atoms with E-state index in [1.54, 1.807) is 6.26 Å². The first-order chi connectivity index (χ1) is 11.7. The van der Waals surface area contributed by atoms with E-state index in [4.69, 9.17) is 18.6 Å². The molecule has 0 aliphatic carbocycles. The van der Waals surface area contributed by atoms with Crippen LogP contribution in [0.3, 0.4) is 0 Å². The van der Waals surface area contributed by atoms with Gasteiger partial charge in [0.2, 0.25) is 0 Å². The van der Waals surface area contributed by atoms with Gasteiger partial charge in [-0.1, -0.05) is 6.07 Å². The van der Waals surface area contributed by atoms with Crippen molar-refractivity contribution >= 4 is 0 Å². The topological polar surface area (TPSA) is 64.3 Å². The Morgan fingerprint density at radius 2 is 2.04 bits per heavy atom. The maximum Gasteiger partial charge on any atom is 0.161 e. The zero-order valence-corrected chi connectivity index (χ0v) is 13.8. The Hall–Kier alpha value is -2.02. The Kier molecular flexibility index (Phi) is 5.74. The van der Waals surface area contributed by atoms with Crippen LogP contribution in [-0.2, 0) is 17.9 Å². The minimum atomic E-state index is -0.554. The molecule has 0 unspecified atom stereocenters. The second-order valence-electron chi connectivity index (χ2n) is 5.92. The predicted molar refractivity (Wildman–Crippen MR) is 88.1 cm³/mol. The normalized spacial score (nSPS) is 14.8. The summed E-state index contributed by atoms with van der Waals surface area (Å²) in [5, 5.41) is 10.1. The van der Waals surface area contributed by atoms with Crippen LogP contribution in [0.15, 0.2) is 41.0 Å². The van der Waals surface area contributed by atoms with Gasteiger partial charge in [0.25, 0.3) is 0 Å². The number of furan rings is 1. The number of fused-ring (bicyclic) bond motifs is 1. The molecule has 0 fully saturated rings. The Bertz CT molecular complexity index is 628. The van der Waals surface area contributed by atoms with Gasteiger partial charge in [-0.15, -0.1) is 0 Å². The van der Waals surface area contributed by atoms with E-state index in [0.717, 1.165) is 22.8 Å². The van der Waals surface area contributed by atoms with Crippen molar-refractivity contribution in [1.29, 1.82) is 0 Å². The fraction of sp³-hybridized carbons (Fsp3) is 0.444. The summed E-state index contributed by atoms with van der Waals surface area (Å²) in [7, 11) is 1.96. The molecule has 2 aromatic rings. The van der Waals surface area contributed by atoms with Gasteiger partial charge in [-0.25, -0.2) is 0 Å². The Morgan fingerprint density at radius 3 is 2.83 bits per heavy atom. The van der Waals surface area contributed by atoms with E-state index in [1.807, 2.05) is 42.3 Å². The molecule has 1 N–H and O–H groups in total. The minimum Gasteiger partial charge on any atom is -0.486 e. The van der Waals surface area contributed by atoms with Crippen molar-refractivity contribution in [3.63, 3.8) is 0 Å².